The molecule has 0 unspecified atom stereocenters. The topological polar surface area (TPSA) is 50.4 Å². The van der Waals surface area contributed by atoms with Gasteiger partial charge in [0.05, 0.1) is 0 Å². The third kappa shape index (κ3) is 2.72. The Bertz CT molecular complexity index is 180. The first-order valence-electron chi connectivity index (χ1n) is 4.91. The summed E-state index contributed by atoms with van der Waals surface area (Å²) in [6.45, 7) is 0.913. The minimum absolute atomic E-state index is 0.634. The van der Waals surface area contributed by atoms with Gasteiger partial charge in [0.15, 0.2) is 5.96 Å². The second-order valence-corrected chi connectivity index (χ2v) is 3.92. The van der Waals surface area contributed by atoms with E-state index < -0.39 is 0 Å². The molecule has 3 N–H and O–H groups in total. The van der Waals surface area contributed by atoms with E-state index in [1.165, 1.54) is 32.1 Å². The largest absolute Gasteiger partial charge is 0.370 e. The predicted molar refractivity (Wildman–Crippen MR) is 50.0 cm³/mol. The molecule has 2 fully saturated rings. The third-order valence-electron chi connectivity index (χ3n) is 2.45. The third-order valence-corrected chi connectivity index (χ3v) is 2.45. The van der Waals surface area contributed by atoms with Crippen molar-refractivity contribution < 1.29 is 0 Å². The number of hydrogen-bond acceptors (Lipinski definition) is 1. The predicted octanol–water partition coefficient (Wildman–Crippen LogP) is 0.853. The van der Waals surface area contributed by atoms with Crippen molar-refractivity contribution in [2.45, 2.75) is 38.1 Å². The summed E-state index contributed by atoms with van der Waals surface area (Å²) in [4.78, 5) is 4.27. The molecule has 12 heavy (non-hydrogen) atoms. The van der Waals surface area contributed by atoms with E-state index in [-0.39, 0.29) is 0 Å². The molecule has 0 spiro atoms. The zero-order valence-electron chi connectivity index (χ0n) is 7.42. The lowest BCUT2D eigenvalue weighted by atomic mass is 10.3. The summed E-state index contributed by atoms with van der Waals surface area (Å²) >= 11 is 0. The van der Waals surface area contributed by atoms with Gasteiger partial charge in [-0.15, -0.1) is 0 Å². The van der Waals surface area contributed by atoms with Gasteiger partial charge in [-0.3, -0.25) is 4.99 Å². The lowest BCUT2D eigenvalue weighted by Crippen LogP contribution is -2.33. The van der Waals surface area contributed by atoms with Crippen molar-refractivity contribution in [3.05, 3.63) is 0 Å². The molecule has 0 aromatic heterocycles. The van der Waals surface area contributed by atoms with E-state index >= 15 is 0 Å². The van der Waals surface area contributed by atoms with Crippen LogP contribution >= 0.6 is 0 Å². The number of nitrogens with two attached hydrogens (primary N) is 1. The van der Waals surface area contributed by atoms with Crippen LogP contribution in [-0.4, -0.2) is 18.5 Å². The second-order valence-electron chi connectivity index (χ2n) is 3.92. The number of nitrogens with zero attached hydrogens (tertiary/aromatic N) is 1. The highest BCUT2D eigenvalue weighted by Gasteiger charge is 2.22. The van der Waals surface area contributed by atoms with Crippen LogP contribution in [0.15, 0.2) is 4.99 Å². The summed E-state index contributed by atoms with van der Waals surface area (Å²) < 4.78 is 0. The second kappa shape index (κ2) is 3.33. The average Bonchev–Trinajstić information content (AvgIpc) is 2.77. The van der Waals surface area contributed by atoms with Crippen molar-refractivity contribution in [3.8, 4) is 0 Å². The van der Waals surface area contributed by atoms with Gasteiger partial charge in [0.25, 0.3) is 0 Å². The minimum Gasteiger partial charge on any atom is -0.370 e. The highest BCUT2D eigenvalue weighted by Crippen LogP contribution is 2.32. The van der Waals surface area contributed by atoms with E-state index in [2.05, 4.69) is 10.3 Å². The first kappa shape index (κ1) is 7.90. The Morgan fingerprint density at radius 3 is 2.67 bits per heavy atom. The van der Waals surface area contributed by atoms with E-state index in [1.54, 1.807) is 0 Å². The number of nitrogens with one attached hydrogen (secondary N) is 1. The van der Waals surface area contributed by atoms with Gasteiger partial charge >= 0.3 is 0 Å². The summed E-state index contributed by atoms with van der Waals surface area (Å²) in [5, 5.41) is 3.18. The van der Waals surface area contributed by atoms with Crippen LogP contribution in [0.3, 0.4) is 0 Å². The molecule has 0 aromatic carbocycles. The Hall–Kier alpha value is -0.730. The van der Waals surface area contributed by atoms with Gasteiger partial charge in [-0.2, -0.15) is 0 Å². The highest BCUT2D eigenvalue weighted by atomic mass is 15.1. The number of aliphatic imine (C=N–C) groups is 1. The van der Waals surface area contributed by atoms with Gasteiger partial charge in [0.1, 0.15) is 0 Å². The molecule has 0 radical (unpaired) electrons. The lowest BCUT2D eigenvalue weighted by Gasteiger charge is -2.01. The summed E-state index contributed by atoms with van der Waals surface area (Å²) in [6.07, 6.45) is 6.57. The average molecular weight is 167 g/mol. The van der Waals surface area contributed by atoms with Crippen molar-refractivity contribution in [2.24, 2.45) is 16.6 Å². The molecule has 2 saturated carbocycles. The van der Waals surface area contributed by atoms with Crippen molar-refractivity contribution >= 4 is 5.96 Å². The first-order chi connectivity index (χ1) is 5.84. The molecule has 3 nitrogen and oxygen atoms in total. The molecule has 2 rings (SSSR count). The van der Waals surface area contributed by atoms with Crippen LogP contribution in [-0.2, 0) is 0 Å². The summed E-state index contributed by atoms with van der Waals surface area (Å²) in [6, 6.07) is 0.634. The Balaban J connectivity index is 1.59. The van der Waals surface area contributed by atoms with Gasteiger partial charge in [0.2, 0.25) is 0 Å². The number of guanidine groups is 1. The van der Waals surface area contributed by atoms with Crippen LogP contribution in [0.1, 0.15) is 32.1 Å². The molecule has 68 valence electrons. The standard InChI is InChI=1S/C9H17N3/c10-9(12-8-3-4-8)11-6-5-7-1-2-7/h7-8H,1-6H2,(H3,10,11,12). The molecule has 0 bridgehead atoms. The number of hydrogen-bond donors (Lipinski definition) is 2. The van der Waals surface area contributed by atoms with Crippen LogP contribution in [0.4, 0.5) is 0 Å². The molecular weight excluding hydrogens is 150 g/mol. The fraction of sp³-hybridized carbons (Fsp3) is 0.889. The van der Waals surface area contributed by atoms with Gasteiger partial charge in [-0.05, 0) is 25.2 Å². The Morgan fingerprint density at radius 1 is 1.33 bits per heavy atom. The van der Waals surface area contributed by atoms with Crippen LogP contribution < -0.4 is 11.1 Å². The van der Waals surface area contributed by atoms with Crippen molar-refractivity contribution in [1.82, 2.24) is 5.32 Å². The van der Waals surface area contributed by atoms with Crippen LogP contribution in [0.25, 0.3) is 0 Å². The normalized spacial score (nSPS) is 24.2. The molecule has 0 aromatic rings. The number of rotatable bonds is 4. The zero-order chi connectivity index (χ0) is 8.39. The maximum Gasteiger partial charge on any atom is 0.188 e. The van der Waals surface area contributed by atoms with Crippen LogP contribution in [0, 0.1) is 5.92 Å². The molecule has 0 atom stereocenters. The molecule has 0 saturated heterocycles. The lowest BCUT2D eigenvalue weighted by molar-refractivity contribution is 0.733. The van der Waals surface area contributed by atoms with E-state index in [1.807, 2.05) is 0 Å². The smallest absolute Gasteiger partial charge is 0.188 e. The van der Waals surface area contributed by atoms with E-state index in [0.717, 1.165) is 12.5 Å². The van der Waals surface area contributed by atoms with Gasteiger partial charge < -0.3 is 11.1 Å². The monoisotopic (exact) mass is 167 g/mol. The quantitative estimate of drug-likeness (QED) is 0.482. The Kier molecular flexibility index (Phi) is 2.19. The summed E-state index contributed by atoms with van der Waals surface area (Å²) in [5.74, 6) is 1.61. The van der Waals surface area contributed by atoms with E-state index in [0.29, 0.717) is 12.0 Å². The molecule has 0 amide bonds. The zero-order valence-corrected chi connectivity index (χ0v) is 7.42. The summed E-state index contributed by atoms with van der Waals surface area (Å²) in [7, 11) is 0. The van der Waals surface area contributed by atoms with Crippen LogP contribution in [0.2, 0.25) is 0 Å². The molecule has 0 aliphatic heterocycles. The molecule has 2 aliphatic rings. The minimum atomic E-state index is 0.634. The Morgan fingerprint density at radius 2 is 2.08 bits per heavy atom. The maximum atomic E-state index is 5.66. The Labute approximate surface area is 73.4 Å². The van der Waals surface area contributed by atoms with Crippen molar-refractivity contribution in [3.63, 3.8) is 0 Å². The van der Waals surface area contributed by atoms with Gasteiger partial charge in [-0.25, -0.2) is 0 Å². The first-order valence-corrected chi connectivity index (χ1v) is 4.91. The molecular formula is C9H17N3. The highest BCUT2D eigenvalue weighted by molar-refractivity contribution is 5.78. The van der Waals surface area contributed by atoms with Gasteiger partial charge in [0, 0.05) is 12.6 Å². The fourth-order valence-corrected chi connectivity index (χ4v) is 1.26. The van der Waals surface area contributed by atoms with E-state index in [9.17, 15) is 0 Å². The molecule has 2 aliphatic carbocycles. The van der Waals surface area contributed by atoms with Crippen molar-refractivity contribution in [1.29, 1.82) is 0 Å². The summed E-state index contributed by atoms with van der Waals surface area (Å²) in [5.41, 5.74) is 5.66. The van der Waals surface area contributed by atoms with Crippen LogP contribution in [0.5, 0.6) is 0 Å². The SMILES string of the molecule is NC(=NCCC1CC1)NC1CC1. The molecule has 3 heteroatoms. The van der Waals surface area contributed by atoms with E-state index in [4.69, 9.17) is 5.73 Å². The van der Waals surface area contributed by atoms with Gasteiger partial charge in [-0.1, -0.05) is 12.8 Å². The fourth-order valence-electron chi connectivity index (χ4n) is 1.26. The van der Waals surface area contributed by atoms with Crippen molar-refractivity contribution in [2.75, 3.05) is 6.54 Å². The molecule has 0 heterocycles. The maximum absolute atomic E-state index is 5.66.